The second-order valence-corrected chi connectivity index (χ2v) is 4.31. The molecule has 2 aromatic rings. The Morgan fingerprint density at radius 3 is 2.53 bits per heavy atom. The van der Waals surface area contributed by atoms with Crippen LogP contribution in [-0.4, -0.2) is 13.2 Å². The SMILES string of the molecule is [O]Cc1cccc(NCCOCc2ccccc2)c1. The first-order chi connectivity index (χ1) is 9.38. The minimum absolute atomic E-state index is 0.181. The first-order valence-corrected chi connectivity index (χ1v) is 6.41. The van der Waals surface area contributed by atoms with E-state index in [1.807, 2.05) is 54.6 Å². The molecule has 19 heavy (non-hydrogen) atoms. The van der Waals surface area contributed by atoms with Gasteiger partial charge < -0.3 is 10.1 Å². The summed E-state index contributed by atoms with van der Waals surface area (Å²) in [7, 11) is 0. The van der Waals surface area contributed by atoms with Gasteiger partial charge >= 0.3 is 0 Å². The monoisotopic (exact) mass is 256 g/mol. The van der Waals surface area contributed by atoms with Crippen molar-refractivity contribution in [2.45, 2.75) is 13.2 Å². The average molecular weight is 256 g/mol. The molecule has 0 aliphatic heterocycles. The number of hydrogen-bond acceptors (Lipinski definition) is 2. The van der Waals surface area contributed by atoms with Crippen molar-refractivity contribution in [3.8, 4) is 0 Å². The lowest BCUT2D eigenvalue weighted by Crippen LogP contribution is -2.09. The number of ether oxygens (including phenoxy) is 1. The van der Waals surface area contributed by atoms with Gasteiger partial charge in [-0.25, -0.2) is 5.11 Å². The maximum absolute atomic E-state index is 10.8. The molecule has 0 fully saturated rings. The largest absolute Gasteiger partial charge is 0.383 e. The molecule has 0 spiro atoms. The molecule has 2 rings (SSSR count). The predicted octanol–water partition coefficient (Wildman–Crippen LogP) is 3.25. The van der Waals surface area contributed by atoms with Crippen molar-refractivity contribution in [1.82, 2.24) is 0 Å². The number of anilines is 1. The fourth-order valence-corrected chi connectivity index (χ4v) is 1.80. The lowest BCUT2D eigenvalue weighted by Gasteiger charge is -2.08. The minimum atomic E-state index is -0.181. The van der Waals surface area contributed by atoms with E-state index in [0.29, 0.717) is 13.2 Å². The van der Waals surface area contributed by atoms with E-state index in [2.05, 4.69) is 5.32 Å². The van der Waals surface area contributed by atoms with Crippen LogP contribution in [0.3, 0.4) is 0 Å². The molecule has 0 heterocycles. The lowest BCUT2D eigenvalue weighted by molar-refractivity contribution is 0.130. The van der Waals surface area contributed by atoms with Crippen LogP contribution in [0.25, 0.3) is 0 Å². The molecule has 3 heteroatoms. The summed E-state index contributed by atoms with van der Waals surface area (Å²) < 4.78 is 5.57. The van der Waals surface area contributed by atoms with Crippen molar-refractivity contribution in [1.29, 1.82) is 0 Å². The van der Waals surface area contributed by atoms with Crippen LogP contribution in [-0.2, 0) is 23.1 Å². The van der Waals surface area contributed by atoms with Gasteiger partial charge in [0.25, 0.3) is 0 Å². The van der Waals surface area contributed by atoms with Gasteiger partial charge in [-0.15, -0.1) is 0 Å². The molecule has 0 unspecified atom stereocenters. The number of rotatable bonds is 7. The van der Waals surface area contributed by atoms with Crippen LogP contribution in [0.15, 0.2) is 54.6 Å². The van der Waals surface area contributed by atoms with E-state index in [4.69, 9.17) is 4.74 Å². The molecule has 3 nitrogen and oxygen atoms in total. The molecular weight excluding hydrogens is 238 g/mol. The van der Waals surface area contributed by atoms with Crippen molar-refractivity contribution < 1.29 is 9.84 Å². The van der Waals surface area contributed by atoms with Crippen LogP contribution in [0.4, 0.5) is 5.69 Å². The van der Waals surface area contributed by atoms with Crippen LogP contribution >= 0.6 is 0 Å². The summed E-state index contributed by atoms with van der Waals surface area (Å²) in [4.78, 5) is 0. The summed E-state index contributed by atoms with van der Waals surface area (Å²) in [5.41, 5.74) is 2.95. The summed E-state index contributed by atoms with van der Waals surface area (Å²) in [6, 6.07) is 17.7. The minimum Gasteiger partial charge on any atom is -0.383 e. The second kappa shape index (κ2) is 7.56. The Labute approximate surface area is 113 Å². The molecule has 0 amide bonds. The molecular formula is C16H18NO2. The molecule has 0 atom stereocenters. The first kappa shape index (κ1) is 13.6. The average Bonchev–Trinajstić information content (AvgIpc) is 2.48. The van der Waals surface area contributed by atoms with E-state index in [1.165, 1.54) is 5.56 Å². The van der Waals surface area contributed by atoms with E-state index in [1.54, 1.807) is 0 Å². The van der Waals surface area contributed by atoms with Crippen molar-refractivity contribution in [2.75, 3.05) is 18.5 Å². The van der Waals surface area contributed by atoms with Crippen LogP contribution in [0.5, 0.6) is 0 Å². The normalized spacial score (nSPS) is 10.4. The Balaban J connectivity index is 1.66. The number of nitrogens with one attached hydrogen (secondary N) is 1. The highest BCUT2D eigenvalue weighted by molar-refractivity contribution is 5.45. The summed E-state index contributed by atoms with van der Waals surface area (Å²) >= 11 is 0. The highest BCUT2D eigenvalue weighted by atomic mass is 16.5. The summed E-state index contributed by atoms with van der Waals surface area (Å²) in [6.45, 7) is 1.81. The topological polar surface area (TPSA) is 41.2 Å². The summed E-state index contributed by atoms with van der Waals surface area (Å²) in [5.74, 6) is 0. The smallest absolute Gasteiger partial charge is 0.107 e. The Hall–Kier alpha value is -1.84. The molecule has 0 aliphatic carbocycles. The van der Waals surface area contributed by atoms with E-state index >= 15 is 0 Å². The fourth-order valence-electron chi connectivity index (χ4n) is 1.80. The highest BCUT2D eigenvalue weighted by Gasteiger charge is 1.95. The van der Waals surface area contributed by atoms with Crippen molar-refractivity contribution in [3.05, 3.63) is 65.7 Å². The summed E-state index contributed by atoms with van der Waals surface area (Å²) in [6.07, 6.45) is 0. The lowest BCUT2D eigenvalue weighted by atomic mass is 10.2. The van der Waals surface area contributed by atoms with Crippen LogP contribution in [0.2, 0.25) is 0 Å². The van der Waals surface area contributed by atoms with Gasteiger partial charge in [0.05, 0.1) is 13.2 Å². The zero-order chi connectivity index (χ0) is 13.3. The Morgan fingerprint density at radius 2 is 1.74 bits per heavy atom. The van der Waals surface area contributed by atoms with Crippen LogP contribution < -0.4 is 5.32 Å². The first-order valence-electron chi connectivity index (χ1n) is 6.41. The van der Waals surface area contributed by atoms with Gasteiger partial charge in [0, 0.05) is 12.2 Å². The Morgan fingerprint density at radius 1 is 0.947 bits per heavy atom. The van der Waals surface area contributed by atoms with Gasteiger partial charge in [0.2, 0.25) is 0 Å². The van der Waals surface area contributed by atoms with Crippen LogP contribution in [0.1, 0.15) is 11.1 Å². The van der Waals surface area contributed by atoms with Crippen molar-refractivity contribution >= 4 is 5.69 Å². The Kier molecular flexibility index (Phi) is 5.41. The number of hydrogen-bond donors (Lipinski definition) is 1. The molecule has 1 radical (unpaired) electrons. The van der Waals surface area contributed by atoms with Crippen LogP contribution in [0, 0.1) is 0 Å². The molecule has 0 aromatic heterocycles. The third-order valence-corrected chi connectivity index (χ3v) is 2.78. The van der Waals surface area contributed by atoms with Gasteiger partial charge in [-0.1, -0.05) is 42.5 Å². The van der Waals surface area contributed by atoms with Crippen molar-refractivity contribution in [2.24, 2.45) is 0 Å². The maximum atomic E-state index is 10.8. The molecule has 1 N–H and O–H groups in total. The predicted molar refractivity (Wildman–Crippen MR) is 75.4 cm³/mol. The molecule has 99 valence electrons. The van der Waals surface area contributed by atoms with E-state index in [9.17, 15) is 5.11 Å². The van der Waals surface area contributed by atoms with Gasteiger partial charge in [0.1, 0.15) is 6.61 Å². The van der Waals surface area contributed by atoms with Gasteiger partial charge in [0.15, 0.2) is 0 Å². The third-order valence-electron chi connectivity index (χ3n) is 2.78. The van der Waals surface area contributed by atoms with E-state index in [-0.39, 0.29) is 6.61 Å². The quantitative estimate of drug-likeness (QED) is 0.773. The zero-order valence-electron chi connectivity index (χ0n) is 10.8. The van der Waals surface area contributed by atoms with Crippen molar-refractivity contribution in [3.63, 3.8) is 0 Å². The number of benzene rings is 2. The van der Waals surface area contributed by atoms with Gasteiger partial charge in [-0.3, -0.25) is 0 Å². The van der Waals surface area contributed by atoms with E-state index < -0.39 is 0 Å². The highest BCUT2D eigenvalue weighted by Crippen LogP contribution is 2.10. The maximum Gasteiger partial charge on any atom is 0.107 e. The molecule has 0 bridgehead atoms. The third kappa shape index (κ3) is 4.73. The van der Waals surface area contributed by atoms with E-state index in [0.717, 1.165) is 17.8 Å². The molecule has 0 saturated carbocycles. The fraction of sp³-hybridized carbons (Fsp3) is 0.250. The second-order valence-electron chi connectivity index (χ2n) is 4.31. The molecule has 2 aromatic carbocycles. The van der Waals surface area contributed by atoms with Gasteiger partial charge in [-0.05, 0) is 23.3 Å². The Bertz CT molecular complexity index is 485. The molecule has 0 aliphatic rings. The summed E-state index contributed by atoms with van der Waals surface area (Å²) in [5, 5.41) is 14.0. The zero-order valence-corrected chi connectivity index (χ0v) is 10.8. The molecule has 0 saturated heterocycles. The standard InChI is InChI=1S/C16H18NO2/c18-12-15-7-4-8-16(11-15)17-9-10-19-13-14-5-2-1-3-6-14/h1-8,11,17H,9-10,12-13H2. The van der Waals surface area contributed by atoms with Gasteiger partial charge in [-0.2, -0.15) is 0 Å².